The first-order valence-electron chi connectivity index (χ1n) is 5.43. The molecule has 1 aliphatic rings. The molecule has 18 heavy (non-hydrogen) atoms. The summed E-state index contributed by atoms with van der Waals surface area (Å²) in [6, 6.07) is -1.09. The lowest BCUT2D eigenvalue weighted by Gasteiger charge is -2.41. The Morgan fingerprint density at radius 2 is 1.89 bits per heavy atom. The quantitative estimate of drug-likeness (QED) is 0.414. The van der Waals surface area contributed by atoms with Crippen molar-refractivity contribution in [1.29, 1.82) is 0 Å². The number of ether oxygens (including phenoxy) is 2. The Morgan fingerprint density at radius 1 is 1.28 bits per heavy atom. The van der Waals surface area contributed by atoms with Crippen LogP contribution in [0.5, 0.6) is 0 Å². The molecule has 0 aromatic heterocycles. The number of carbonyl (C=O) groups excluding carboxylic acids is 2. The molecule has 0 bridgehead atoms. The van der Waals surface area contributed by atoms with Crippen LogP contribution in [0.1, 0.15) is 13.8 Å². The second kappa shape index (κ2) is 6.10. The van der Waals surface area contributed by atoms with Crippen molar-refractivity contribution in [1.82, 2.24) is 5.32 Å². The largest absolute Gasteiger partial charge is 0.434 e. The predicted octanol–water partition coefficient (Wildman–Crippen LogP) is -2.51. The first-order chi connectivity index (χ1) is 8.36. The summed E-state index contributed by atoms with van der Waals surface area (Å²) in [7, 11) is 0. The fourth-order valence-electron chi connectivity index (χ4n) is 1.73. The van der Waals surface area contributed by atoms with Crippen molar-refractivity contribution in [2.75, 3.05) is 6.61 Å². The average Bonchev–Trinajstić information content (AvgIpc) is 2.27. The van der Waals surface area contributed by atoms with Crippen molar-refractivity contribution < 1.29 is 34.4 Å². The van der Waals surface area contributed by atoms with Crippen molar-refractivity contribution in [2.45, 2.75) is 44.5 Å². The van der Waals surface area contributed by atoms with Gasteiger partial charge in [0, 0.05) is 13.8 Å². The topological polar surface area (TPSA) is 125 Å². The summed E-state index contributed by atoms with van der Waals surface area (Å²) in [5.41, 5.74) is 0. The van der Waals surface area contributed by atoms with Gasteiger partial charge in [-0.25, -0.2) is 0 Å². The molecule has 0 aromatic carbocycles. The van der Waals surface area contributed by atoms with Gasteiger partial charge in [0.1, 0.15) is 24.4 Å². The van der Waals surface area contributed by atoms with Crippen LogP contribution in [0, 0.1) is 0 Å². The molecule has 0 aliphatic carbocycles. The van der Waals surface area contributed by atoms with Crippen molar-refractivity contribution in [2.24, 2.45) is 0 Å². The number of hydrogen-bond acceptors (Lipinski definition) is 7. The van der Waals surface area contributed by atoms with Gasteiger partial charge in [-0.15, -0.1) is 0 Å². The van der Waals surface area contributed by atoms with Gasteiger partial charge in [0.25, 0.3) is 0 Å². The van der Waals surface area contributed by atoms with Crippen LogP contribution < -0.4 is 5.32 Å². The lowest BCUT2D eigenvalue weighted by atomic mass is 9.97. The van der Waals surface area contributed by atoms with Crippen LogP contribution in [0.3, 0.4) is 0 Å². The number of aliphatic hydroxyl groups excluding tert-OH is 3. The monoisotopic (exact) mass is 263 g/mol. The Bertz CT molecular complexity index is 321. The lowest BCUT2D eigenvalue weighted by Crippen LogP contribution is -2.64. The Morgan fingerprint density at radius 3 is 2.33 bits per heavy atom. The van der Waals surface area contributed by atoms with Crippen LogP contribution in [-0.2, 0) is 19.1 Å². The molecule has 0 spiro atoms. The van der Waals surface area contributed by atoms with Gasteiger partial charge in [-0.3, -0.25) is 9.59 Å². The zero-order valence-electron chi connectivity index (χ0n) is 10.1. The Labute approximate surface area is 104 Å². The predicted molar refractivity (Wildman–Crippen MR) is 57.1 cm³/mol. The Balaban J connectivity index is 2.86. The van der Waals surface area contributed by atoms with Crippen LogP contribution in [0.2, 0.25) is 0 Å². The van der Waals surface area contributed by atoms with E-state index in [1.54, 1.807) is 0 Å². The van der Waals surface area contributed by atoms with E-state index in [1.807, 2.05) is 0 Å². The van der Waals surface area contributed by atoms with E-state index in [-0.39, 0.29) is 0 Å². The minimum Gasteiger partial charge on any atom is -0.434 e. The molecule has 1 heterocycles. The van der Waals surface area contributed by atoms with Crippen LogP contribution in [-0.4, -0.2) is 64.4 Å². The van der Waals surface area contributed by atoms with E-state index in [2.05, 4.69) is 5.32 Å². The van der Waals surface area contributed by atoms with Gasteiger partial charge in [0.2, 0.25) is 12.2 Å². The molecule has 8 heteroatoms. The molecule has 1 aliphatic heterocycles. The van der Waals surface area contributed by atoms with Gasteiger partial charge in [-0.05, 0) is 0 Å². The van der Waals surface area contributed by atoms with E-state index >= 15 is 0 Å². The second-order valence-corrected chi connectivity index (χ2v) is 4.04. The lowest BCUT2D eigenvalue weighted by molar-refractivity contribution is -0.262. The normalized spacial score (nSPS) is 35.9. The van der Waals surface area contributed by atoms with E-state index in [9.17, 15) is 19.8 Å². The van der Waals surface area contributed by atoms with E-state index in [1.165, 1.54) is 6.92 Å². The fraction of sp³-hybridized carbons (Fsp3) is 0.800. The molecular formula is C10H17NO7. The highest BCUT2D eigenvalue weighted by Crippen LogP contribution is 2.22. The van der Waals surface area contributed by atoms with E-state index < -0.39 is 49.1 Å². The molecule has 1 rings (SSSR count). The summed E-state index contributed by atoms with van der Waals surface area (Å²) in [5.74, 6) is -1.15. The molecular weight excluding hydrogens is 246 g/mol. The molecule has 1 fully saturated rings. The van der Waals surface area contributed by atoms with Gasteiger partial charge in [-0.2, -0.15) is 0 Å². The van der Waals surface area contributed by atoms with Gasteiger partial charge in [-0.1, -0.05) is 0 Å². The van der Waals surface area contributed by atoms with Gasteiger partial charge in [0.05, 0.1) is 6.61 Å². The summed E-state index contributed by atoms with van der Waals surface area (Å²) >= 11 is 0. The molecule has 104 valence electrons. The molecule has 5 atom stereocenters. The third-order valence-corrected chi connectivity index (χ3v) is 2.53. The van der Waals surface area contributed by atoms with Gasteiger partial charge in [0.15, 0.2) is 0 Å². The maximum absolute atomic E-state index is 11.0. The molecule has 1 amide bonds. The molecule has 4 N–H and O–H groups in total. The van der Waals surface area contributed by atoms with Crippen LogP contribution in [0.4, 0.5) is 0 Å². The highest BCUT2D eigenvalue weighted by Gasteiger charge is 2.46. The molecule has 1 saturated heterocycles. The van der Waals surface area contributed by atoms with E-state index in [0.29, 0.717) is 0 Å². The SMILES string of the molecule is CC(=O)N[C@@H]1[C@@H](OC(C)=O)O[C@H](CO)[C@@H](O)[C@@H]1O. The molecule has 0 unspecified atom stereocenters. The number of carbonyl (C=O) groups is 2. The minimum atomic E-state index is -1.41. The van der Waals surface area contributed by atoms with E-state index in [0.717, 1.165) is 6.92 Å². The first-order valence-corrected chi connectivity index (χ1v) is 5.43. The number of rotatable bonds is 3. The molecule has 0 radical (unpaired) electrons. The smallest absolute Gasteiger partial charge is 0.305 e. The highest BCUT2D eigenvalue weighted by atomic mass is 16.7. The third-order valence-electron chi connectivity index (χ3n) is 2.53. The van der Waals surface area contributed by atoms with Crippen LogP contribution in [0.25, 0.3) is 0 Å². The van der Waals surface area contributed by atoms with Crippen molar-refractivity contribution in [3.8, 4) is 0 Å². The summed E-state index contributed by atoms with van der Waals surface area (Å²) in [5, 5.41) is 30.8. The van der Waals surface area contributed by atoms with Crippen molar-refractivity contribution in [3.63, 3.8) is 0 Å². The highest BCUT2D eigenvalue weighted by molar-refractivity contribution is 5.73. The minimum absolute atomic E-state index is 0.477. The number of aliphatic hydroxyl groups is 3. The zero-order valence-corrected chi connectivity index (χ0v) is 10.1. The Kier molecular flexibility index (Phi) is 5.03. The van der Waals surface area contributed by atoms with E-state index in [4.69, 9.17) is 14.6 Å². The van der Waals surface area contributed by atoms with Gasteiger partial charge < -0.3 is 30.1 Å². The molecule has 0 saturated carbocycles. The zero-order chi connectivity index (χ0) is 13.9. The van der Waals surface area contributed by atoms with Crippen LogP contribution in [0.15, 0.2) is 0 Å². The van der Waals surface area contributed by atoms with Gasteiger partial charge >= 0.3 is 5.97 Å². The number of nitrogens with one attached hydrogen (secondary N) is 1. The van der Waals surface area contributed by atoms with Crippen molar-refractivity contribution in [3.05, 3.63) is 0 Å². The average molecular weight is 263 g/mol. The summed E-state index contributed by atoms with van der Waals surface area (Å²) < 4.78 is 9.92. The van der Waals surface area contributed by atoms with Crippen LogP contribution >= 0.6 is 0 Å². The summed E-state index contributed by atoms with van der Waals surface area (Å²) in [4.78, 5) is 21.9. The summed E-state index contributed by atoms with van der Waals surface area (Å²) in [6.45, 7) is 1.80. The molecule has 0 aromatic rings. The number of esters is 1. The summed E-state index contributed by atoms with van der Waals surface area (Å²) in [6.07, 6.45) is -5.15. The maximum Gasteiger partial charge on any atom is 0.305 e. The maximum atomic E-state index is 11.0. The van der Waals surface area contributed by atoms with Crippen molar-refractivity contribution >= 4 is 11.9 Å². The number of hydrogen-bond donors (Lipinski definition) is 4. The standard InChI is InChI=1S/C10H17NO7/c1-4(13)11-7-9(16)8(15)6(3-12)18-10(7)17-5(2)14/h6-10,12,15-16H,3H2,1-2H3,(H,11,13)/t6-,7+,8-,9-,10+/m1/s1. The first kappa shape index (κ1) is 14.8. The Hall–Kier alpha value is -1.22. The third kappa shape index (κ3) is 3.39. The second-order valence-electron chi connectivity index (χ2n) is 4.04. The fourth-order valence-corrected chi connectivity index (χ4v) is 1.73. The number of amides is 1. The molecule has 8 nitrogen and oxygen atoms in total.